The van der Waals surface area contributed by atoms with Crippen molar-refractivity contribution in [2.75, 3.05) is 11.3 Å². The molecule has 9 heteroatoms. The summed E-state index contributed by atoms with van der Waals surface area (Å²) in [6.45, 7) is 4.91. The van der Waals surface area contributed by atoms with Crippen molar-refractivity contribution in [1.82, 2.24) is 5.32 Å². The van der Waals surface area contributed by atoms with E-state index in [9.17, 15) is 18.0 Å². The molecule has 0 heterocycles. The van der Waals surface area contributed by atoms with Crippen molar-refractivity contribution < 1.29 is 22.7 Å². The Hall–Kier alpha value is -2.06. The lowest BCUT2D eigenvalue weighted by Crippen LogP contribution is -2.34. The summed E-state index contributed by atoms with van der Waals surface area (Å²) in [5.41, 5.74) is -0.240. The van der Waals surface area contributed by atoms with Crippen LogP contribution in [0, 0.1) is 0 Å². The topological polar surface area (TPSA) is 102 Å². The van der Waals surface area contributed by atoms with E-state index in [1.807, 2.05) is 6.08 Å². The van der Waals surface area contributed by atoms with Crippen LogP contribution in [0.4, 0.5) is 5.69 Å². The van der Waals surface area contributed by atoms with Crippen molar-refractivity contribution in [3.63, 3.8) is 0 Å². The highest BCUT2D eigenvalue weighted by atomic mass is 35.5. The maximum absolute atomic E-state index is 12.5. The summed E-state index contributed by atoms with van der Waals surface area (Å²) in [4.78, 5) is 23.9. The Morgan fingerprint density at radius 2 is 2.00 bits per heavy atom. The molecular formula is C19H25ClN2O5S. The first kappa shape index (κ1) is 22.2. The van der Waals surface area contributed by atoms with Crippen molar-refractivity contribution in [2.45, 2.75) is 50.9 Å². The van der Waals surface area contributed by atoms with Gasteiger partial charge in [0, 0.05) is 5.56 Å². The minimum atomic E-state index is -3.61. The fourth-order valence-electron chi connectivity index (χ4n) is 2.64. The monoisotopic (exact) mass is 428 g/mol. The van der Waals surface area contributed by atoms with E-state index >= 15 is 0 Å². The zero-order valence-corrected chi connectivity index (χ0v) is 17.7. The lowest BCUT2D eigenvalue weighted by molar-refractivity contribution is -0.153. The summed E-state index contributed by atoms with van der Waals surface area (Å²) < 4.78 is 32.5. The highest BCUT2D eigenvalue weighted by Crippen LogP contribution is 2.27. The SMILES string of the molecule is CC(C)(C)OC(=O)CNC(=O)c1ccc(NS(=O)(=O)C2C=CCCC2)c(Cl)c1. The molecule has 0 fully saturated rings. The quantitative estimate of drug-likeness (QED) is 0.534. The maximum Gasteiger partial charge on any atom is 0.325 e. The molecule has 0 aliphatic heterocycles. The lowest BCUT2D eigenvalue weighted by Gasteiger charge is -2.19. The van der Waals surface area contributed by atoms with Crippen molar-refractivity contribution in [3.8, 4) is 0 Å². The van der Waals surface area contributed by atoms with Crippen LogP contribution in [0.25, 0.3) is 0 Å². The van der Waals surface area contributed by atoms with Gasteiger partial charge in [0.15, 0.2) is 0 Å². The van der Waals surface area contributed by atoms with Gasteiger partial charge in [-0.05, 0) is 58.2 Å². The van der Waals surface area contributed by atoms with Gasteiger partial charge in [0.1, 0.15) is 12.1 Å². The number of esters is 1. The zero-order valence-electron chi connectivity index (χ0n) is 16.1. The van der Waals surface area contributed by atoms with Crippen LogP contribution < -0.4 is 10.0 Å². The number of ether oxygens (including phenoxy) is 1. The highest BCUT2D eigenvalue weighted by molar-refractivity contribution is 7.93. The molecule has 1 aromatic rings. The van der Waals surface area contributed by atoms with Gasteiger partial charge in [-0.1, -0.05) is 23.8 Å². The number of rotatable bonds is 6. The minimum Gasteiger partial charge on any atom is -0.459 e. The van der Waals surface area contributed by atoms with E-state index in [1.165, 1.54) is 18.2 Å². The van der Waals surface area contributed by atoms with Crippen LogP contribution in [-0.4, -0.2) is 37.7 Å². The Morgan fingerprint density at radius 3 is 2.57 bits per heavy atom. The van der Waals surface area contributed by atoms with E-state index in [1.54, 1.807) is 26.8 Å². The van der Waals surface area contributed by atoms with Crippen molar-refractivity contribution in [1.29, 1.82) is 0 Å². The van der Waals surface area contributed by atoms with E-state index in [0.717, 1.165) is 12.8 Å². The third-order valence-electron chi connectivity index (χ3n) is 3.91. The molecule has 0 aromatic heterocycles. The molecule has 1 aromatic carbocycles. The van der Waals surface area contributed by atoms with Gasteiger partial charge in [0.25, 0.3) is 5.91 Å². The van der Waals surface area contributed by atoms with Crippen LogP contribution in [0.3, 0.4) is 0 Å². The van der Waals surface area contributed by atoms with Gasteiger partial charge < -0.3 is 10.1 Å². The molecule has 0 radical (unpaired) electrons. The summed E-state index contributed by atoms with van der Waals surface area (Å²) in [5.74, 6) is -1.07. The van der Waals surface area contributed by atoms with Crippen LogP contribution in [0.5, 0.6) is 0 Å². The molecule has 1 aliphatic rings. The second-order valence-corrected chi connectivity index (χ2v) is 9.82. The van der Waals surface area contributed by atoms with Gasteiger partial charge in [-0.3, -0.25) is 14.3 Å². The molecule has 0 bridgehead atoms. The predicted octanol–water partition coefficient (Wildman–Crippen LogP) is 3.26. The van der Waals surface area contributed by atoms with E-state index < -0.39 is 32.8 Å². The molecule has 1 atom stereocenters. The smallest absolute Gasteiger partial charge is 0.325 e. The molecule has 2 rings (SSSR count). The molecular weight excluding hydrogens is 404 g/mol. The number of carbonyl (C=O) groups excluding carboxylic acids is 2. The number of carbonyl (C=O) groups is 2. The molecule has 154 valence electrons. The van der Waals surface area contributed by atoms with Gasteiger partial charge in [-0.15, -0.1) is 0 Å². The first-order valence-electron chi connectivity index (χ1n) is 8.96. The summed E-state index contributed by atoms with van der Waals surface area (Å²) >= 11 is 6.15. The second kappa shape index (κ2) is 8.96. The first-order chi connectivity index (χ1) is 13.0. The van der Waals surface area contributed by atoms with Gasteiger partial charge in [0.2, 0.25) is 10.0 Å². The molecule has 28 heavy (non-hydrogen) atoms. The normalized spacial score (nSPS) is 17.1. The van der Waals surface area contributed by atoms with Gasteiger partial charge in [-0.25, -0.2) is 8.42 Å². The van der Waals surface area contributed by atoms with Gasteiger partial charge in [0.05, 0.1) is 16.0 Å². The number of hydrogen-bond donors (Lipinski definition) is 2. The molecule has 1 unspecified atom stereocenters. The average molecular weight is 429 g/mol. The van der Waals surface area contributed by atoms with E-state index in [0.29, 0.717) is 6.42 Å². The summed E-state index contributed by atoms with van der Waals surface area (Å²) in [6.07, 6.45) is 5.77. The second-order valence-electron chi connectivity index (χ2n) is 7.51. The van der Waals surface area contributed by atoms with Crippen LogP contribution in [0.2, 0.25) is 5.02 Å². The fraction of sp³-hybridized carbons (Fsp3) is 0.474. The Bertz CT molecular complexity index is 875. The van der Waals surface area contributed by atoms with Crippen molar-refractivity contribution >= 4 is 39.2 Å². The third kappa shape index (κ3) is 6.53. The minimum absolute atomic E-state index is 0.0910. The number of nitrogens with one attached hydrogen (secondary N) is 2. The molecule has 0 saturated heterocycles. The summed E-state index contributed by atoms with van der Waals surface area (Å²) in [6, 6.07) is 4.21. The molecule has 2 N–H and O–H groups in total. The lowest BCUT2D eigenvalue weighted by atomic mass is 10.1. The average Bonchev–Trinajstić information content (AvgIpc) is 2.60. The van der Waals surface area contributed by atoms with E-state index in [2.05, 4.69) is 10.0 Å². The van der Waals surface area contributed by atoms with Crippen molar-refractivity contribution in [3.05, 3.63) is 40.9 Å². The van der Waals surface area contributed by atoms with Crippen molar-refractivity contribution in [2.24, 2.45) is 0 Å². The number of benzene rings is 1. The standard InChI is InChI=1S/C19H25ClN2O5S/c1-19(2,3)27-17(23)12-21-18(24)13-9-10-16(15(20)11-13)22-28(25,26)14-7-5-4-6-8-14/h5,7,9-11,14,22H,4,6,8,12H2,1-3H3,(H,21,24). The zero-order chi connectivity index (χ0) is 20.9. The van der Waals surface area contributed by atoms with Crippen LogP contribution in [0.15, 0.2) is 30.4 Å². The Morgan fingerprint density at radius 1 is 1.29 bits per heavy atom. The number of allylic oxidation sites excluding steroid dienone is 1. The molecule has 0 saturated carbocycles. The number of halogens is 1. The Balaban J connectivity index is 2.01. The Labute approximate surface area is 170 Å². The fourth-order valence-corrected chi connectivity index (χ4v) is 4.35. The molecule has 1 aliphatic carbocycles. The van der Waals surface area contributed by atoms with E-state index in [4.69, 9.17) is 16.3 Å². The predicted molar refractivity (Wildman–Crippen MR) is 109 cm³/mol. The van der Waals surface area contributed by atoms with Crippen LogP contribution in [-0.2, 0) is 19.6 Å². The molecule has 7 nitrogen and oxygen atoms in total. The van der Waals surface area contributed by atoms with E-state index in [-0.39, 0.29) is 22.8 Å². The molecule has 0 spiro atoms. The summed E-state index contributed by atoms with van der Waals surface area (Å²) in [5, 5.41) is 1.94. The Kier molecular flexibility index (Phi) is 7.11. The molecule has 1 amide bonds. The first-order valence-corrected chi connectivity index (χ1v) is 10.9. The van der Waals surface area contributed by atoms with Crippen LogP contribution in [0.1, 0.15) is 50.4 Å². The highest BCUT2D eigenvalue weighted by Gasteiger charge is 2.25. The largest absolute Gasteiger partial charge is 0.459 e. The number of amides is 1. The number of anilines is 1. The summed E-state index contributed by atoms with van der Waals surface area (Å²) in [7, 11) is -3.61. The third-order valence-corrected chi connectivity index (χ3v) is 5.91. The number of hydrogen-bond acceptors (Lipinski definition) is 5. The van der Waals surface area contributed by atoms with Crippen LogP contribution >= 0.6 is 11.6 Å². The van der Waals surface area contributed by atoms with Gasteiger partial charge >= 0.3 is 5.97 Å². The maximum atomic E-state index is 12.5. The van der Waals surface area contributed by atoms with Gasteiger partial charge in [-0.2, -0.15) is 0 Å². The number of sulfonamides is 1.